The molecule has 2 fully saturated rings. The van der Waals surface area contributed by atoms with Gasteiger partial charge < -0.3 is 24.8 Å². The number of rotatable bonds is 0. The van der Waals surface area contributed by atoms with E-state index >= 15 is 0 Å². The Balaban J connectivity index is 2.31. The lowest BCUT2D eigenvalue weighted by Gasteiger charge is -2.20. The van der Waals surface area contributed by atoms with Crippen LogP contribution in [0.5, 0.6) is 0 Å². The minimum absolute atomic E-state index is 0.147. The molecule has 6 heteroatoms. The Hall–Kier alpha value is -0.690. The van der Waals surface area contributed by atoms with Gasteiger partial charge in [-0.05, 0) is 0 Å². The second kappa shape index (κ2) is 2.17. The Morgan fingerprint density at radius 2 is 2.17 bits per heavy atom. The molecule has 0 spiro atoms. The van der Waals surface area contributed by atoms with Crippen LogP contribution in [0.2, 0.25) is 0 Å². The van der Waals surface area contributed by atoms with Crippen molar-refractivity contribution in [1.82, 2.24) is 0 Å². The predicted octanol–water partition coefficient (Wildman–Crippen LogP) is -2.65. The molecule has 6 nitrogen and oxygen atoms in total. The molecule has 0 aromatic carbocycles. The summed E-state index contributed by atoms with van der Waals surface area (Å²) < 4.78 is 9.17. The maximum Gasteiger partial charge on any atom is 0.341 e. The Morgan fingerprint density at radius 1 is 1.50 bits per heavy atom. The average Bonchev–Trinajstić information content (AvgIpc) is 2.42. The van der Waals surface area contributed by atoms with Crippen molar-refractivity contribution in [3.63, 3.8) is 0 Å². The molecule has 0 aliphatic carbocycles. The molecule has 2 saturated heterocycles. The summed E-state index contributed by atoms with van der Waals surface area (Å²) in [6, 6.07) is 0. The van der Waals surface area contributed by atoms with Gasteiger partial charge in [0.2, 0.25) is 11.9 Å². The molecule has 0 aromatic heterocycles. The topological polar surface area (TPSA) is 96.2 Å². The maximum atomic E-state index is 10.7. The van der Waals surface area contributed by atoms with Crippen molar-refractivity contribution in [3.05, 3.63) is 0 Å². The smallest absolute Gasteiger partial charge is 0.341 e. The van der Waals surface area contributed by atoms with Gasteiger partial charge in [-0.2, -0.15) is 0 Å². The zero-order chi connectivity index (χ0) is 8.93. The molecular formula is C6H8O6. The molecule has 2 heterocycles. The van der Waals surface area contributed by atoms with Crippen LogP contribution in [0, 0.1) is 0 Å². The highest BCUT2D eigenvalue weighted by Gasteiger charge is 2.64. The minimum Gasteiger partial charge on any atom is -0.452 e. The van der Waals surface area contributed by atoms with E-state index in [0.717, 1.165) is 0 Å². The van der Waals surface area contributed by atoms with E-state index in [1.165, 1.54) is 0 Å². The standard InChI is InChI=1S/C6H8O6/c7-2-1-11-6(10)3(8)5(9)12-4(2)6/h2-4,7-8,10H,1H2. The van der Waals surface area contributed by atoms with Crippen LogP contribution in [-0.4, -0.2) is 52.0 Å². The molecule has 3 N–H and O–H groups in total. The van der Waals surface area contributed by atoms with Crippen molar-refractivity contribution in [2.75, 3.05) is 6.61 Å². The first-order valence-corrected chi connectivity index (χ1v) is 3.48. The van der Waals surface area contributed by atoms with E-state index in [4.69, 9.17) is 10.2 Å². The first-order valence-electron chi connectivity index (χ1n) is 3.48. The van der Waals surface area contributed by atoms with Crippen LogP contribution in [-0.2, 0) is 14.3 Å². The van der Waals surface area contributed by atoms with Crippen molar-refractivity contribution >= 4 is 5.97 Å². The van der Waals surface area contributed by atoms with Crippen LogP contribution >= 0.6 is 0 Å². The summed E-state index contributed by atoms with van der Waals surface area (Å²) in [5, 5.41) is 27.7. The molecule has 0 aromatic rings. The van der Waals surface area contributed by atoms with Gasteiger partial charge in [-0.3, -0.25) is 0 Å². The first-order chi connectivity index (χ1) is 5.55. The molecule has 2 aliphatic heterocycles. The summed E-state index contributed by atoms with van der Waals surface area (Å²) in [5.74, 6) is -3.03. The quantitative estimate of drug-likeness (QED) is 0.349. The summed E-state index contributed by atoms with van der Waals surface area (Å²) in [7, 11) is 0. The third-order valence-electron chi connectivity index (χ3n) is 2.10. The van der Waals surface area contributed by atoms with E-state index in [2.05, 4.69) is 9.47 Å². The molecule has 4 unspecified atom stereocenters. The Bertz CT molecular complexity index is 228. The maximum absolute atomic E-state index is 10.7. The summed E-state index contributed by atoms with van der Waals surface area (Å²) in [4.78, 5) is 10.7. The van der Waals surface area contributed by atoms with Gasteiger partial charge in [0.25, 0.3) is 0 Å². The number of hydrogen-bond donors (Lipinski definition) is 3. The lowest BCUT2D eigenvalue weighted by molar-refractivity contribution is -0.224. The van der Waals surface area contributed by atoms with E-state index in [-0.39, 0.29) is 6.61 Å². The van der Waals surface area contributed by atoms with E-state index in [1.54, 1.807) is 0 Å². The molecule has 68 valence electrons. The average molecular weight is 176 g/mol. The lowest BCUT2D eigenvalue weighted by Crippen LogP contribution is -2.47. The van der Waals surface area contributed by atoms with Crippen molar-refractivity contribution < 1.29 is 29.6 Å². The number of fused-ring (bicyclic) bond motifs is 1. The molecular weight excluding hydrogens is 168 g/mol. The van der Waals surface area contributed by atoms with Crippen LogP contribution in [0.15, 0.2) is 0 Å². The van der Waals surface area contributed by atoms with Crippen LogP contribution in [0.1, 0.15) is 0 Å². The third kappa shape index (κ3) is 0.748. The van der Waals surface area contributed by atoms with Gasteiger partial charge in [0.15, 0.2) is 6.10 Å². The highest BCUT2D eigenvalue weighted by Crippen LogP contribution is 2.35. The van der Waals surface area contributed by atoms with Gasteiger partial charge in [0, 0.05) is 0 Å². The van der Waals surface area contributed by atoms with E-state index in [0.29, 0.717) is 0 Å². The van der Waals surface area contributed by atoms with E-state index in [1.807, 2.05) is 0 Å². The van der Waals surface area contributed by atoms with Gasteiger partial charge in [-0.1, -0.05) is 0 Å². The van der Waals surface area contributed by atoms with Crippen LogP contribution in [0.4, 0.5) is 0 Å². The van der Waals surface area contributed by atoms with Crippen LogP contribution in [0.3, 0.4) is 0 Å². The van der Waals surface area contributed by atoms with Crippen molar-refractivity contribution in [3.8, 4) is 0 Å². The van der Waals surface area contributed by atoms with E-state index in [9.17, 15) is 9.90 Å². The molecule has 12 heavy (non-hydrogen) atoms. The molecule has 0 radical (unpaired) electrons. The number of ether oxygens (including phenoxy) is 2. The van der Waals surface area contributed by atoms with Crippen LogP contribution in [0.25, 0.3) is 0 Å². The number of aliphatic hydroxyl groups excluding tert-OH is 2. The van der Waals surface area contributed by atoms with Gasteiger partial charge in [-0.15, -0.1) is 0 Å². The number of aliphatic hydroxyl groups is 3. The molecule has 4 atom stereocenters. The number of carbonyl (C=O) groups excluding carboxylic acids is 1. The van der Waals surface area contributed by atoms with Gasteiger partial charge in [-0.25, -0.2) is 4.79 Å². The first kappa shape index (κ1) is 7.93. The Labute approximate surface area is 67.3 Å². The molecule has 0 saturated carbocycles. The zero-order valence-corrected chi connectivity index (χ0v) is 6.01. The number of carbonyl (C=O) groups is 1. The molecule has 2 aliphatic rings. The molecule has 2 rings (SSSR count). The lowest BCUT2D eigenvalue weighted by atomic mass is 10.1. The second-order valence-corrected chi connectivity index (χ2v) is 2.89. The summed E-state index contributed by atoms with van der Waals surface area (Å²) in [5.41, 5.74) is 0. The highest BCUT2D eigenvalue weighted by atomic mass is 16.7. The fourth-order valence-corrected chi connectivity index (χ4v) is 1.42. The largest absolute Gasteiger partial charge is 0.452 e. The Morgan fingerprint density at radius 3 is 2.75 bits per heavy atom. The van der Waals surface area contributed by atoms with Gasteiger partial charge in [0.1, 0.15) is 6.10 Å². The van der Waals surface area contributed by atoms with Gasteiger partial charge >= 0.3 is 5.97 Å². The minimum atomic E-state index is -2.06. The number of esters is 1. The summed E-state index contributed by atoms with van der Waals surface area (Å²) in [6.45, 7) is -0.147. The summed E-state index contributed by atoms with van der Waals surface area (Å²) in [6.07, 6.45) is -3.96. The normalized spacial score (nSPS) is 52.2. The third-order valence-corrected chi connectivity index (χ3v) is 2.10. The number of hydrogen-bond acceptors (Lipinski definition) is 6. The second-order valence-electron chi connectivity index (χ2n) is 2.89. The van der Waals surface area contributed by atoms with Crippen molar-refractivity contribution in [2.45, 2.75) is 24.1 Å². The highest BCUT2D eigenvalue weighted by molar-refractivity contribution is 5.78. The zero-order valence-electron chi connectivity index (χ0n) is 6.01. The fraction of sp³-hybridized carbons (Fsp3) is 0.833. The van der Waals surface area contributed by atoms with Gasteiger partial charge in [0.05, 0.1) is 6.61 Å². The molecule has 0 amide bonds. The Kier molecular flexibility index (Phi) is 1.43. The predicted molar refractivity (Wildman–Crippen MR) is 32.8 cm³/mol. The SMILES string of the molecule is O=C1OC2C(O)COC2(O)C1O. The van der Waals surface area contributed by atoms with Crippen molar-refractivity contribution in [2.24, 2.45) is 0 Å². The van der Waals surface area contributed by atoms with Crippen molar-refractivity contribution in [1.29, 1.82) is 0 Å². The van der Waals surface area contributed by atoms with E-state index < -0.39 is 30.1 Å². The molecule has 0 bridgehead atoms. The monoisotopic (exact) mass is 176 g/mol. The van der Waals surface area contributed by atoms with Crippen LogP contribution < -0.4 is 0 Å². The summed E-state index contributed by atoms with van der Waals surface area (Å²) >= 11 is 0. The fourth-order valence-electron chi connectivity index (χ4n) is 1.42.